The first-order valence-electron chi connectivity index (χ1n) is 7.89. The predicted octanol–water partition coefficient (Wildman–Crippen LogP) is 1.13. The monoisotopic (exact) mass is 347 g/mol. The number of pyridine rings is 1. The number of H-pyrrole nitrogens is 1. The average Bonchev–Trinajstić information content (AvgIpc) is 3.26. The summed E-state index contributed by atoms with van der Waals surface area (Å²) in [7, 11) is 4.61. The van der Waals surface area contributed by atoms with Crippen molar-refractivity contribution in [3.05, 3.63) is 29.3 Å². The lowest BCUT2D eigenvalue weighted by Gasteiger charge is -2.23. The zero-order chi connectivity index (χ0) is 18.0. The molecule has 1 aliphatic heterocycles. The molecular formula is C16H21N5O4. The van der Waals surface area contributed by atoms with E-state index in [0.29, 0.717) is 36.1 Å². The van der Waals surface area contributed by atoms with Crippen LogP contribution in [0.25, 0.3) is 0 Å². The van der Waals surface area contributed by atoms with Crippen LogP contribution in [-0.4, -0.2) is 65.0 Å². The molecule has 2 aromatic rings. The number of rotatable bonds is 5. The van der Waals surface area contributed by atoms with Gasteiger partial charge in [-0.3, -0.25) is 9.89 Å². The Hall–Kier alpha value is -2.68. The van der Waals surface area contributed by atoms with Gasteiger partial charge in [0.25, 0.3) is 5.91 Å². The van der Waals surface area contributed by atoms with Crippen molar-refractivity contribution in [2.24, 2.45) is 0 Å². The highest BCUT2D eigenvalue weighted by atomic mass is 16.5. The third kappa shape index (κ3) is 3.27. The molecule has 0 aromatic carbocycles. The van der Waals surface area contributed by atoms with Crippen LogP contribution in [0.2, 0.25) is 0 Å². The fourth-order valence-corrected chi connectivity index (χ4v) is 2.96. The second kappa shape index (κ2) is 7.06. The van der Waals surface area contributed by atoms with E-state index < -0.39 is 0 Å². The summed E-state index contributed by atoms with van der Waals surface area (Å²) in [4.78, 5) is 23.4. The van der Waals surface area contributed by atoms with Crippen LogP contribution >= 0.6 is 0 Å². The van der Waals surface area contributed by atoms with Gasteiger partial charge in [0.2, 0.25) is 11.8 Å². The summed E-state index contributed by atoms with van der Waals surface area (Å²) in [5.41, 5.74) is 0.359. The lowest BCUT2D eigenvalue weighted by atomic mass is 10.1. The molecule has 0 unspecified atom stereocenters. The highest BCUT2D eigenvalue weighted by molar-refractivity contribution is 5.97. The van der Waals surface area contributed by atoms with E-state index >= 15 is 0 Å². The minimum absolute atomic E-state index is 0.0787. The van der Waals surface area contributed by atoms with Gasteiger partial charge in [0.15, 0.2) is 5.82 Å². The predicted molar refractivity (Wildman–Crippen MR) is 87.7 cm³/mol. The maximum Gasteiger partial charge on any atom is 0.260 e. The Balaban J connectivity index is 1.93. The average molecular weight is 347 g/mol. The second-order valence-electron chi connectivity index (χ2n) is 5.76. The van der Waals surface area contributed by atoms with Crippen molar-refractivity contribution < 1.29 is 19.0 Å². The largest absolute Gasteiger partial charge is 0.481 e. The van der Waals surface area contributed by atoms with Gasteiger partial charge in [-0.25, -0.2) is 4.98 Å². The lowest BCUT2D eigenvalue weighted by molar-refractivity contribution is 0.0680. The number of aryl methyl sites for hydroxylation is 1. The molecule has 2 atom stereocenters. The molecule has 0 bridgehead atoms. The van der Waals surface area contributed by atoms with E-state index in [-0.39, 0.29) is 23.9 Å². The minimum atomic E-state index is -0.269. The van der Waals surface area contributed by atoms with Crippen LogP contribution < -0.4 is 9.47 Å². The zero-order valence-corrected chi connectivity index (χ0v) is 14.6. The van der Waals surface area contributed by atoms with E-state index in [9.17, 15) is 4.79 Å². The molecule has 0 saturated carbocycles. The molecule has 134 valence electrons. The lowest BCUT2D eigenvalue weighted by Crippen LogP contribution is -2.33. The van der Waals surface area contributed by atoms with Crippen LogP contribution in [0.1, 0.15) is 34.5 Å². The highest BCUT2D eigenvalue weighted by Crippen LogP contribution is 2.34. The number of nitrogens with one attached hydrogen (secondary N) is 1. The first kappa shape index (κ1) is 17.2. The van der Waals surface area contributed by atoms with Gasteiger partial charge in [0.05, 0.1) is 26.4 Å². The number of carbonyl (C=O) groups is 1. The number of ether oxygens (including phenoxy) is 3. The van der Waals surface area contributed by atoms with E-state index in [2.05, 4.69) is 20.2 Å². The van der Waals surface area contributed by atoms with E-state index in [0.717, 1.165) is 0 Å². The molecule has 1 aliphatic rings. The van der Waals surface area contributed by atoms with Crippen molar-refractivity contribution in [1.29, 1.82) is 0 Å². The number of methoxy groups -OCH3 is 3. The Kier molecular flexibility index (Phi) is 4.84. The fourth-order valence-electron chi connectivity index (χ4n) is 2.96. The number of amides is 1. The fraction of sp³-hybridized carbons (Fsp3) is 0.500. The topological polar surface area (TPSA) is 102 Å². The van der Waals surface area contributed by atoms with Gasteiger partial charge >= 0.3 is 0 Å². The smallest absolute Gasteiger partial charge is 0.260 e. The first-order chi connectivity index (χ1) is 12.1. The van der Waals surface area contributed by atoms with E-state index in [1.807, 2.05) is 6.92 Å². The molecule has 25 heavy (non-hydrogen) atoms. The number of nitrogens with zero attached hydrogens (tertiary/aromatic N) is 4. The van der Waals surface area contributed by atoms with Crippen molar-refractivity contribution in [3.8, 4) is 11.8 Å². The normalized spacial score (nSPS) is 19.9. The number of aromatic amines is 1. The summed E-state index contributed by atoms with van der Waals surface area (Å²) in [6, 6.07) is 3.01. The van der Waals surface area contributed by atoms with Crippen LogP contribution in [0.15, 0.2) is 12.1 Å². The number of hydrogen-bond donors (Lipinski definition) is 1. The molecule has 9 heteroatoms. The molecule has 1 amide bonds. The summed E-state index contributed by atoms with van der Waals surface area (Å²) < 4.78 is 15.8. The van der Waals surface area contributed by atoms with Crippen molar-refractivity contribution in [1.82, 2.24) is 25.1 Å². The van der Waals surface area contributed by atoms with Crippen LogP contribution in [-0.2, 0) is 4.74 Å². The quantitative estimate of drug-likeness (QED) is 0.865. The standard InChI is InChI=1S/C16H21N5O4/c1-9-17-14(20-19-9)12-7-10(23-2)8-21(12)16(22)11-5-6-13(24-3)18-15(11)25-4/h5-6,10,12H,7-8H2,1-4H3,(H,17,19,20)/t10-,12-/m0/s1. The molecule has 1 N–H and O–H groups in total. The summed E-state index contributed by atoms with van der Waals surface area (Å²) >= 11 is 0. The molecule has 2 aromatic heterocycles. The van der Waals surface area contributed by atoms with Crippen LogP contribution in [0, 0.1) is 6.92 Å². The molecule has 0 radical (unpaired) electrons. The Morgan fingerprint density at radius 3 is 2.64 bits per heavy atom. The van der Waals surface area contributed by atoms with Crippen LogP contribution in [0.5, 0.6) is 11.8 Å². The first-order valence-corrected chi connectivity index (χ1v) is 7.89. The zero-order valence-electron chi connectivity index (χ0n) is 14.6. The second-order valence-corrected chi connectivity index (χ2v) is 5.76. The van der Waals surface area contributed by atoms with Gasteiger partial charge < -0.3 is 19.1 Å². The Morgan fingerprint density at radius 1 is 1.24 bits per heavy atom. The van der Waals surface area contributed by atoms with E-state index in [1.165, 1.54) is 14.2 Å². The minimum Gasteiger partial charge on any atom is -0.481 e. The third-order valence-corrected chi connectivity index (χ3v) is 4.24. The van der Waals surface area contributed by atoms with Gasteiger partial charge in [0.1, 0.15) is 11.4 Å². The van der Waals surface area contributed by atoms with E-state index in [4.69, 9.17) is 14.2 Å². The molecule has 1 fully saturated rings. The maximum atomic E-state index is 13.1. The van der Waals surface area contributed by atoms with Crippen molar-refractivity contribution in [2.45, 2.75) is 25.5 Å². The summed E-state index contributed by atoms with van der Waals surface area (Å²) in [6.07, 6.45) is 0.552. The van der Waals surface area contributed by atoms with Gasteiger partial charge in [0, 0.05) is 26.1 Å². The molecule has 0 spiro atoms. The SMILES string of the molecule is COc1ccc(C(=O)N2C[C@@H](OC)C[C@H]2c2n[nH]c(C)n2)c(OC)n1. The third-order valence-electron chi connectivity index (χ3n) is 4.24. The summed E-state index contributed by atoms with van der Waals surface area (Å²) in [5, 5.41) is 7.03. The molecule has 3 rings (SSSR count). The molecular weight excluding hydrogens is 326 g/mol. The number of aromatic nitrogens is 4. The summed E-state index contributed by atoms with van der Waals surface area (Å²) in [6.45, 7) is 2.27. The van der Waals surface area contributed by atoms with E-state index in [1.54, 1.807) is 24.1 Å². The van der Waals surface area contributed by atoms with Crippen LogP contribution in [0.4, 0.5) is 0 Å². The van der Waals surface area contributed by atoms with Gasteiger partial charge in [-0.15, -0.1) is 0 Å². The number of carbonyl (C=O) groups excluding carboxylic acids is 1. The Labute approximate surface area is 145 Å². The molecule has 1 saturated heterocycles. The summed E-state index contributed by atoms with van der Waals surface area (Å²) in [5.74, 6) is 1.66. The highest BCUT2D eigenvalue weighted by Gasteiger charge is 2.39. The van der Waals surface area contributed by atoms with Gasteiger partial charge in [-0.05, 0) is 13.0 Å². The van der Waals surface area contributed by atoms with Gasteiger partial charge in [-0.2, -0.15) is 10.1 Å². The Morgan fingerprint density at radius 2 is 2.04 bits per heavy atom. The Bertz CT molecular complexity index is 763. The van der Waals surface area contributed by atoms with Crippen LogP contribution in [0.3, 0.4) is 0 Å². The maximum absolute atomic E-state index is 13.1. The van der Waals surface area contributed by atoms with Gasteiger partial charge in [-0.1, -0.05) is 0 Å². The molecule has 0 aliphatic carbocycles. The molecule has 9 nitrogen and oxygen atoms in total. The number of likely N-dealkylation sites (tertiary alicyclic amines) is 1. The molecule has 3 heterocycles. The van der Waals surface area contributed by atoms with Crippen molar-refractivity contribution in [3.63, 3.8) is 0 Å². The number of hydrogen-bond acceptors (Lipinski definition) is 7. The van der Waals surface area contributed by atoms with Crippen molar-refractivity contribution in [2.75, 3.05) is 27.9 Å². The van der Waals surface area contributed by atoms with Crippen molar-refractivity contribution >= 4 is 5.91 Å².